The van der Waals surface area contributed by atoms with Gasteiger partial charge in [0.25, 0.3) is 0 Å². The zero-order valence-corrected chi connectivity index (χ0v) is 18.3. The van der Waals surface area contributed by atoms with Gasteiger partial charge in [-0.1, -0.05) is 0 Å². The van der Waals surface area contributed by atoms with Crippen LogP contribution in [0.2, 0.25) is 0 Å². The molecule has 4 atom stereocenters. The van der Waals surface area contributed by atoms with Crippen molar-refractivity contribution >= 4 is 0 Å². The van der Waals surface area contributed by atoms with Crippen LogP contribution in [0.25, 0.3) is 0 Å². The van der Waals surface area contributed by atoms with Gasteiger partial charge in [0.05, 0.1) is 0 Å². The Balaban J connectivity index is 9.15. The zero-order chi connectivity index (χ0) is 37.0. The Morgan fingerprint density at radius 1 is 0.136 bits per heavy atom. The van der Waals surface area contributed by atoms with Gasteiger partial charge in [-0.15, -0.1) is 0 Å². The lowest BCUT2D eigenvalue weighted by Crippen LogP contribution is -2.89. The molecule has 0 aliphatic carbocycles. The molecule has 266 valence electrons. The Kier molecular flexibility index (Phi) is 9.24. The van der Waals surface area contributed by atoms with Gasteiger partial charge in [0.1, 0.15) is 0 Å². The number of rotatable bonds is 7. The molecule has 0 fully saturated rings. The van der Waals surface area contributed by atoms with Crippen molar-refractivity contribution in [2.45, 2.75) is 83.4 Å². The predicted molar refractivity (Wildman–Crippen MR) is 71.5 cm³/mol. The SMILES string of the molecule is FC(F)(F)C(F)(F)C(F)(C(F)(F)F)C(F)(F)C(F)(C(F)(F)F)C(F)(C(F)(F)F)C(F)(F)C(F)(C(F)(F)F)C(F)(F)C(F)(F)F. The van der Waals surface area contributed by atoms with E-state index in [4.69, 9.17) is 0 Å². The maximum Gasteiger partial charge on any atom is 0.457 e. The third kappa shape index (κ3) is 4.57. The fraction of sp³-hybridized carbons (Fsp3) is 1.00. The van der Waals surface area contributed by atoms with Crippen LogP contribution in [0.15, 0.2) is 0 Å². The molecule has 0 heterocycles. The van der Waals surface area contributed by atoms with Crippen LogP contribution in [0, 0.1) is 0 Å². The van der Waals surface area contributed by atoms with E-state index in [9.17, 15) is 132 Å². The maximum absolute atomic E-state index is 14.7. The van der Waals surface area contributed by atoms with E-state index < -0.39 is 83.4 Å². The van der Waals surface area contributed by atoms with Crippen LogP contribution in [0.4, 0.5) is 132 Å². The molecule has 0 aromatic rings. The minimum absolute atomic E-state index is 8.94. The number of hydrogen-bond donors (Lipinski definition) is 0. The van der Waals surface area contributed by atoms with Gasteiger partial charge in [-0.25, -0.2) is 17.6 Å². The third-order valence-electron chi connectivity index (χ3n) is 5.35. The van der Waals surface area contributed by atoms with E-state index in [0.717, 1.165) is 0 Å². The van der Waals surface area contributed by atoms with Crippen molar-refractivity contribution in [2.75, 3.05) is 0 Å². The topological polar surface area (TPSA) is 0 Å². The molecule has 0 aromatic carbocycles. The quantitative estimate of drug-likeness (QED) is 0.229. The van der Waals surface area contributed by atoms with Gasteiger partial charge in [-0.2, -0.15) is 114 Å². The highest BCUT2D eigenvalue weighted by atomic mass is 19.5. The molecule has 0 bridgehead atoms. The van der Waals surface area contributed by atoms with Crippen molar-refractivity contribution in [1.29, 1.82) is 0 Å². The molecule has 30 heteroatoms. The Hall–Kier alpha value is -2.10. The van der Waals surface area contributed by atoms with Crippen molar-refractivity contribution in [3.63, 3.8) is 0 Å². The maximum atomic E-state index is 14.7. The monoisotopic (exact) mass is 738 g/mol. The molecule has 0 saturated carbocycles. The summed E-state index contributed by atoms with van der Waals surface area (Å²) >= 11 is 0. The van der Waals surface area contributed by atoms with Crippen molar-refractivity contribution in [2.24, 2.45) is 0 Å². The van der Waals surface area contributed by atoms with E-state index in [1.54, 1.807) is 0 Å². The van der Waals surface area contributed by atoms with Crippen LogP contribution >= 0.6 is 0 Å². The zero-order valence-electron chi connectivity index (χ0n) is 18.3. The Morgan fingerprint density at radius 2 is 0.273 bits per heavy atom. The molecule has 0 amide bonds. The molecule has 0 aromatic heterocycles. The lowest BCUT2D eigenvalue weighted by molar-refractivity contribution is -0.508. The van der Waals surface area contributed by atoms with Crippen LogP contribution in [0.5, 0.6) is 0 Å². The molecule has 0 nitrogen and oxygen atoms in total. The summed E-state index contributed by atoms with van der Waals surface area (Å²) in [4.78, 5) is 0. The first-order chi connectivity index (χ1) is 18.2. The molecule has 0 spiro atoms. The van der Waals surface area contributed by atoms with Gasteiger partial charge < -0.3 is 0 Å². The largest absolute Gasteiger partial charge is 0.457 e. The number of hydrogen-bond acceptors (Lipinski definition) is 0. The fourth-order valence-corrected chi connectivity index (χ4v) is 3.15. The lowest BCUT2D eigenvalue weighted by atomic mass is 9.65. The van der Waals surface area contributed by atoms with Gasteiger partial charge in [-0.3, -0.25) is 0 Å². The molecule has 0 rings (SSSR count). The Labute approximate surface area is 216 Å². The molecule has 0 saturated heterocycles. The van der Waals surface area contributed by atoms with Crippen molar-refractivity contribution in [1.82, 2.24) is 0 Å². The summed E-state index contributed by atoms with van der Waals surface area (Å²) in [7, 11) is 0. The summed E-state index contributed by atoms with van der Waals surface area (Å²) in [6, 6.07) is 0. The summed E-state index contributed by atoms with van der Waals surface area (Å²) in [6.45, 7) is 0. The average Bonchev–Trinajstić information content (AvgIpc) is 2.70. The molecular weight excluding hydrogens is 738 g/mol. The minimum Gasteiger partial charge on any atom is -0.222 e. The first kappa shape index (κ1) is 41.9. The Bertz CT molecular complexity index is 957. The Morgan fingerprint density at radius 3 is 0.364 bits per heavy atom. The fourth-order valence-electron chi connectivity index (χ4n) is 3.15. The van der Waals surface area contributed by atoms with Crippen molar-refractivity contribution < 1.29 is 132 Å². The lowest BCUT2D eigenvalue weighted by Gasteiger charge is -2.54. The van der Waals surface area contributed by atoms with E-state index in [1.165, 1.54) is 0 Å². The van der Waals surface area contributed by atoms with Gasteiger partial charge in [0, 0.05) is 0 Å². The molecule has 44 heavy (non-hydrogen) atoms. The number of alkyl halides is 30. The molecule has 0 radical (unpaired) electrons. The smallest absolute Gasteiger partial charge is 0.222 e. The summed E-state index contributed by atoms with van der Waals surface area (Å²) < 4.78 is 398. The van der Waals surface area contributed by atoms with Gasteiger partial charge in [0.15, 0.2) is 0 Å². The van der Waals surface area contributed by atoms with Gasteiger partial charge in [0.2, 0.25) is 0 Å². The van der Waals surface area contributed by atoms with E-state index in [-0.39, 0.29) is 0 Å². The second-order valence-electron chi connectivity index (χ2n) is 7.92. The predicted octanol–water partition coefficient (Wildman–Crippen LogP) is 9.73. The highest BCUT2D eigenvalue weighted by Gasteiger charge is 3.08. The highest BCUT2D eigenvalue weighted by Crippen LogP contribution is 2.74. The highest BCUT2D eigenvalue weighted by molar-refractivity contribution is 5.33. The van der Waals surface area contributed by atoms with Crippen LogP contribution in [-0.2, 0) is 0 Å². The molecule has 0 aliphatic heterocycles. The van der Waals surface area contributed by atoms with Crippen molar-refractivity contribution in [3.05, 3.63) is 0 Å². The molecule has 0 N–H and O–H groups in total. The summed E-state index contributed by atoms with van der Waals surface area (Å²) in [5.74, 6) is -40.9. The molecular formula is C14F30. The second kappa shape index (κ2) is 9.71. The first-order valence-corrected chi connectivity index (χ1v) is 8.92. The van der Waals surface area contributed by atoms with E-state index in [2.05, 4.69) is 0 Å². The second-order valence-corrected chi connectivity index (χ2v) is 7.92. The van der Waals surface area contributed by atoms with E-state index in [0.29, 0.717) is 0 Å². The summed E-state index contributed by atoms with van der Waals surface area (Å²) in [5, 5.41) is 0. The minimum atomic E-state index is -11.0. The number of halogens is 30. The van der Waals surface area contributed by atoms with Crippen LogP contribution in [0.3, 0.4) is 0 Å². The molecule has 0 aliphatic rings. The van der Waals surface area contributed by atoms with Crippen LogP contribution in [-0.4, -0.2) is 83.4 Å². The van der Waals surface area contributed by atoms with Crippen LogP contribution in [0.1, 0.15) is 0 Å². The van der Waals surface area contributed by atoms with E-state index in [1.807, 2.05) is 0 Å². The average molecular weight is 738 g/mol. The standard InChI is InChI=1S/C14F30/c15-1(9(27,28)29,5(19,20)3(17,11(33,34)35)7(23,24)13(39,40)41)2(16,10(30,31)32)6(21,22)4(18,12(36,37)38)8(25,26)14(42,43)44. The first-order valence-electron chi connectivity index (χ1n) is 8.92. The third-order valence-corrected chi connectivity index (χ3v) is 5.35. The molecule has 4 unspecified atom stereocenters. The summed E-state index contributed by atoms with van der Waals surface area (Å²) in [6.07, 6.45) is -56.8. The van der Waals surface area contributed by atoms with E-state index >= 15 is 0 Å². The van der Waals surface area contributed by atoms with Gasteiger partial charge >= 0.3 is 83.4 Å². The van der Waals surface area contributed by atoms with Gasteiger partial charge in [-0.05, 0) is 0 Å². The summed E-state index contributed by atoms with van der Waals surface area (Å²) in [5.41, 5.74) is -42.6. The van der Waals surface area contributed by atoms with Crippen LogP contribution < -0.4 is 0 Å². The normalized spacial score (nSPS) is 21.7. The van der Waals surface area contributed by atoms with Crippen molar-refractivity contribution in [3.8, 4) is 0 Å².